The van der Waals surface area contributed by atoms with E-state index < -0.39 is 97.5 Å². The van der Waals surface area contributed by atoms with Gasteiger partial charge in [0.1, 0.15) is 19.3 Å². The van der Waals surface area contributed by atoms with Crippen molar-refractivity contribution in [2.75, 3.05) is 39.6 Å². The van der Waals surface area contributed by atoms with E-state index in [2.05, 4.69) is 149 Å². The lowest BCUT2D eigenvalue weighted by Crippen LogP contribution is -2.30. The normalized spacial score (nSPS) is 14.8. The number of ether oxygens (including phenoxy) is 4. The molecule has 0 radical (unpaired) electrons. The first-order valence-corrected chi connectivity index (χ1v) is 41.1. The number of carbonyl (C=O) groups excluding carboxylic acids is 4. The molecule has 0 saturated heterocycles. The summed E-state index contributed by atoms with van der Waals surface area (Å²) in [5.74, 6) is -2.38. The molecule has 0 aromatic heterocycles. The summed E-state index contributed by atoms with van der Waals surface area (Å²) in [6.07, 6.45) is 81.6. The van der Waals surface area contributed by atoms with Gasteiger partial charge in [0.2, 0.25) is 0 Å². The SMILES string of the molecule is CC/C=C\C/C=C\C/C=C\C/C=C\C/C=C\CCCCCC(=O)OCC(COP(=O)(O)OCC(O)COP(=O)(O)OCC(COC(=O)CCCCCCC/C=C\C/C=C\CCC)OC(=O)CCCCCCCCCCCCCCC)OC(=O)C/C=C\C/C=C\C/C=C\C/C=C\C/C=C\CC. The van der Waals surface area contributed by atoms with Crippen LogP contribution in [0.2, 0.25) is 0 Å². The van der Waals surface area contributed by atoms with Gasteiger partial charge in [0.15, 0.2) is 12.2 Å². The van der Waals surface area contributed by atoms with Gasteiger partial charge in [-0.25, -0.2) is 9.13 Å². The molecule has 0 aliphatic rings. The lowest BCUT2D eigenvalue weighted by Gasteiger charge is -2.21. The summed E-state index contributed by atoms with van der Waals surface area (Å²) in [6.45, 7) is 4.40. The predicted octanol–water partition coefficient (Wildman–Crippen LogP) is 21.9. The molecule has 100 heavy (non-hydrogen) atoms. The smallest absolute Gasteiger partial charge is 0.462 e. The quantitative estimate of drug-likeness (QED) is 0.0169. The Hall–Kier alpha value is -5.06. The predicted molar refractivity (Wildman–Crippen MR) is 408 cm³/mol. The highest BCUT2D eigenvalue weighted by molar-refractivity contribution is 7.47. The van der Waals surface area contributed by atoms with E-state index in [9.17, 15) is 43.2 Å². The second-order valence-corrected chi connectivity index (χ2v) is 27.8. The molecule has 0 spiro atoms. The average molecular weight is 1440 g/mol. The van der Waals surface area contributed by atoms with Crippen LogP contribution in [-0.2, 0) is 65.4 Å². The number of rotatable bonds is 70. The lowest BCUT2D eigenvalue weighted by atomic mass is 10.0. The molecule has 0 saturated carbocycles. The number of allylic oxidation sites excluding steroid dienone is 23. The second-order valence-electron chi connectivity index (χ2n) is 24.8. The number of phosphoric ester groups is 2. The van der Waals surface area contributed by atoms with Crippen LogP contribution in [0.25, 0.3) is 0 Å². The zero-order chi connectivity index (χ0) is 73.2. The van der Waals surface area contributed by atoms with E-state index in [4.69, 9.17) is 37.0 Å². The molecule has 19 heteroatoms. The monoisotopic (exact) mass is 1440 g/mol. The average Bonchev–Trinajstić information content (AvgIpc) is 0.946. The van der Waals surface area contributed by atoms with Gasteiger partial charge in [0, 0.05) is 19.3 Å². The van der Waals surface area contributed by atoms with Gasteiger partial charge >= 0.3 is 39.5 Å². The number of hydrogen-bond donors (Lipinski definition) is 3. The van der Waals surface area contributed by atoms with Crippen molar-refractivity contribution >= 4 is 39.5 Å². The van der Waals surface area contributed by atoms with Gasteiger partial charge in [-0.05, 0) is 122 Å². The molecule has 5 atom stereocenters. The topological polar surface area (TPSA) is 237 Å². The lowest BCUT2D eigenvalue weighted by molar-refractivity contribution is -0.161. The summed E-state index contributed by atoms with van der Waals surface area (Å²) in [5, 5.41) is 10.6. The fourth-order valence-electron chi connectivity index (χ4n) is 9.59. The zero-order valence-electron chi connectivity index (χ0n) is 62.1. The van der Waals surface area contributed by atoms with Crippen molar-refractivity contribution in [2.24, 2.45) is 0 Å². The van der Waals surface area contributed by atoms with Crippen LogP contribution in [0.1, 0.15) is 285 Å². The summed E-state index contributed by atoms with van der Waals surface area (Å²) in [6, 6.07) is 0. The molecular weight excluding hydrogens is 1310 g/mol. The summed E-state index contributed by atoms with van der Waals surface area (Å²) in [4.78, 5) is 72.8. The Morgan fingerprint density at radius 1 is 0.300 bits per heavy atom. The Bertz CT molecular complexity index is 2470. The van der Waals surface area contributed by atoms with E-state index in [0.29, 0.717) is 25.7 Å². The Morgan fingerprint density at radius 2 is 0.580 bits per heavy atom. The third-order valence-electron chi connectivity index (χ3n) is 15.3. The Kier molecular flexibility index (Phi) is 68.6. The molecule has 0 rings (SSSR count). The fourth-order valence-corrected chi connectivity index (χ4v) is 11.2. The molecule has 0 aromatic carbocycles. The van der Waals surface area contributed by atoms with E-state index in [-0.39, 0.29) is 25.7 Å². The third kappa shape index (κ3) is 71.3. The van der Waals surface area contributed by atoms with Gasteiger partial charge in [-0.3, -0.25) is 37.3 Å². The van der Waals surface area contributed by atoms with Crippen LogP contribution < -0.4 is 0 Å². The van der Waals surface area contributed by atoms with Gasteiger partial charge in [0.05, 0.1) is 32.8 Å². The van der Waals surface area contributed by atoms with Gasteiger partial charge in [-0.1, -0.05) is 283 Å². The number of phosphoric acid groups is 2. The highest BCUT2D eigenvalue weighted by Crippen LogP contribution is 2.45. The molecule has 0 aliphatic carbocycles. The van der Waals surface area contributed by atoms with Crippen molar-refractivity contribution in [3.05, 3.63) is 146 Å². The van der Waals surface area contributed by atoms with Crippen molar-refractivity contribution in [3.8, 4) is 0 Å². The summed E-state index contributed by atoms with van der Waals surface area (Å²) < 4.78 is 68.3. The molecule has 0 amide bonds. The maximum Gasteiger partial charge on any atom is 0.472 e. The van der Waals surface area contributed by atoms with E-state index in [1.54, 1.807) is 12.2 Å². The molecule has 0 aromatic rings. The molecule has 0 fully saturated rings. The van der Waals surface area contributed by atoms with Crippen molar-refractivity contribution in [1.29, 1.82) is 0 Å². The zero-order valence-corrected chi connectivity index (χ0v) is 63.9. The van der Waals surface area contributed by atoms with Crippen LogP contribution in [0.4, 0.5) is 0 Å². The van der Waals surface area contributed by atoms with Crippen molar-refractivity contribution in [2.45, 2.75) is 303 Å². The summed E-state index contributed by atoms with van der Waals surface area (Å²) in [5.41, 5.74) is 0. The second kappa shape index (κ2) is 72.3. The maximum absolute atomic E-state index is 13.1. The molecule has 3 N–H and O–H groups in total. The van der Waals surface area contributed by atoms with Crippen molar-refractivity contribution in [3.63, 3.8) is 0 Å². The minimum Gasteiger partial charge on any atom is -0.462 e. The van der Waals surface area contributed by atoms with E-state index in [0.717, 1.165) is 154 Å². The minimum absolute atomic E-state index is 0.0886. The maximum atomic E-state index is 13.1. The van der Waals surface area contributed by atoms with Crippen LogP contribution in [0.3, 0.4) is 0 Å². The van der Waals surface area contributed by atoms with Crippen LogP contribution in [0.5, 0.6) is 0 Å². The first-order valence-electron chi connectivity index (χ1n) is 38.1. The van der Waals surface area contributed by atoms with E-state index in [1.165, 1.54) is 51.4 Å². The Labute approximate surface area is 605 Å². The number of aliphatic hydroxyl groups excluding tert-OH is 1. The van der Waals surface area contributed by atoms with Crippen LogP contribution in [0.15, 0.2) is 146 Å². The third-order valence-corrected chi connectivity index (χ3v) is 17.2. The first-order chi connectivity index (χ1) is 48.7. The number of carbonyl (C=O) groups is 4. The van der Waals surface area contributed by atoms with Gasteiger partial charge in [-0.15, -0.1) is 0 Å². The van der Waals surface area contributed by atoms with Gasteiger partial charge < -0.3 is 33.8 Å². The number of esters is 4. The highest BCUT2D eigenvalue weighted by atomic mass is 31.2. The number of unbranched alkanes of at least 4 members (excludes halogenated alkanes) is 21. The minimum atomic E-state index is -5.01. The summed E-state index contributed by atoms with van der Waals surface area (Å²) in [7, 11) is -10.00. The standard InChI is InChI=1S/C81H134O17P2/c1-5-9-13-17-21-25-29-33-35-36-37-38-40-43-46-50-54-58-62-66-79(84)92-72-77(98-81(86)68-64-60-56-52-48-44-39-34-30-26-22-18-14-10-6-2)74-96-100(89,90)94-70-75(82)69-93-99(87,88)95-73-76(97-80(85)67-63-59-55-51-47-42-32-28-24-20-16-12-8-4)71-91-78(83)65-61-57-53-49-45-41-31-27-23-19-15-11-7-3/h9-10,13-15,19,21-22,25-27,31,33-35,37-39,43,46,48,52,60,64,75-77,82H,5-8,11-12,16-18,20,23-24,28-30,32,36,40-42,44-45,47,49-51,53-59,61-63,65-74H2,1-4H3,(H,87,88)(H,89,90)/b13-9-,14-10-,19-15-,25-21-,26-22-,31-27-,35-33-,38-37-,39-34-,46-43-,52-48-,64-60-. The highest BCUT2D eigenvalue weighted by Gasteiger charge is 2.30. The Balaban J connectivity index is 5.45. The van der Waals surface area contributed by atoms with Crippen LogP contribution >= 0.6 is 15.6 Å². The van der Waals surface area contributed by atoms with Crippen molar-refractivity contribution < 1.29 is 80.2 Å². The van der Waals surface area contributed by atoms with Gasteiger partial charge in [0.25, 0.3) is 0 Å². The van der Waals surface area contributed by atoms with E-state index >= 15 is 0 Å². The molecule has 0 heterocycles. The summed E-state index contributed by atoms with van der Waals surface area (Å²) >= 11 is 0. The van der Waals surface area contributed by atoms with Crippen LogP contribution in [0, 0.1) is 0 Å². The fraction of sp³-hybridized carbons (Fsp3) is 0.654. The van der Waals surface area contributed by atoms with Crippen molar-refractivity contribution in [1.82, 2.24) is 0 Å². The molecule has 0 bridgehead atoms. The van der Waals surface area contributed by atoms with E-state index in [1.807, 2.05) is 12.2 Å². The molecular formula is C81H134O17P2. The molecule has 0 aliphatic heterocycles. The first kappa shape index (κ1) is 94.9. The van der Waals surface area contributed by atoms with Gasteiger partial charge in [-0.2, -0.15) is 0 Å². The number of aliphatic hydroxyl groups is 1. The molecule has 17 nitrogen and oxygen atoms in total. The molecule has 5 unspecified atom stereocenters. The number of hydrogen-bond acceptors (Lipinski definition) is 15. The Morgan fingerprint density at radius 3 is 0.940 bits per heavy atom. The van der Waals surface area contributed by atoms with Crippen LogP contribution in [-0.4, -0.2) is 96.7 Å². The molecule has 570 valence electrons. The largest absolute Gasteiger partial charge is 0.472 e.